The van der Waals surface area contributed by atoms with Gasteiger partial charge in [-0.2, -0.15) is 5.10 Å². The summed E-state index contributed by atoms with van der Waals surface area (Å²) in [5, 5.41) is 8.94. The van der Waals surface area contributed by atoms with Crippen molar-refractivity contribution in [1.82, 2.24) is 24.6 Å². The van der Waals surface area contributed by atoms with Gasteiger partial charge in [0, 0.05) is 31.7 Å². The van der Waals surface area contributed by atoms with Gasteiger partial charge in [-0.15, -0.1) is 11.3 Å². The number of aromatic amines is 1. The number of aromatic nitrogens is 3. The van der Waals surface area contributed by atoms with E-state index in [2.05, 4.69) is 10.2 Å². The Morgan fingerprint density at radius 3 is 2.48 bits per heavy atom. The van der Waals surface area contributed by atoms with E-state index < -0.39 is 23.6 Å². The Morgan fingerprint density at radius 1 is 1.13 bits per heavy atom. The Balaban J connectivity index is 1.44. The zero-order valence-corrected chi connectivity index (χ0v) is 18.2. The molecule has 162 valence electrons. The van der Waals surface area contributed by atoms with Crippen LogP contribution in [0.5, 0.6) is 0 Å². The fourth-order valence-corrected chi connectivity index (χ4v) is 4.56. The molecule has 1 aliphatic rings. The summed E-state index contributed by atoms with van der Waals surface area (Å²) in [7, 11) is 0. The number of piperazine rings is 1. The van der Waals surface area contributed by atoms with Gasteiger partial charge >= 0.3 is 0 Å². The number of carbonyl (C=O) groups excluding carboxylic acids is 2. The SMILES string of the molecule is CC(C(=O)N1CCN(C(=O)c2ccc(F)c(F)c2)CC1)n1c(-c2cccs2)n[nH]c1=S. The molecule has 3 heterocycles. The van der Waals surface area contributed by atoms with Crippen LogP contribution in [0.4, 0.5) is 8.78 Å². The maximum atomic E-state index is 13.4. The van der Waals surface area contributed by atoms with E-state index in [0.29, 0.717) is 36.8 Å². The molecule has 3 aromatic rings. The second kappa shape index (κ2) is 8.67. The standard InChI is InChI=1S/C20H19F2N5O2S2/c1-12(27-17(23-24-20(27)30)16-3-2-10-31-16)18(28)25-6-8-26(9-7-25)19(29)13-4-5-14(21)15(22)11-13/h2-5,10-12H,6-9H2,1H3,(H,24,30). The molecule has 1 N–H and O–H groups in total. The highest BCUT2D eigenvalue weighted by molar-refractivity contribution is 7.71. The molecule has 0 radical (unpaired) electrons. The summed E-state index contributed by atoms with van der Waals surface area (Å²) in [4.78, 5) is 29.8. The van der Waals surface area contributed by atoms with E-state index in [0.717, 1.165) is 17.0 Å². The van der Waals surface area contributed by atoms with Crippen LogP contribution < -0.4 is 0 Å². The fourth-order valence-electron chi connectivity index (χ4n) is 3.56. The predicted molar refractivity (Wildman–Crippen MR) is 114 cm³/mol. The van der Waals surface area contributed by atoms with Gasteiger partial charge < -0.3 is 9.80 Å². The third-order valence-corrected chi connectivity index (χ3v) is 6.39. The van der Waals surface area contributed by atoms with Gasteiger partial charge in [0.25, 0.3) is 5.91 Å². The number of hydrogen-bond donors (Lipinski definition) is 1. The first kappa shape index (κ1) is 21.3. The molecule has 0 saturated carbocycles. The molecule has 0 bridgehead atoms. The Kier molecular flexibility index (Phi) is 5.96. The second-order valence-corrected chi connectivity index (χ2v) is 8.46. The lowest BCUT2D eigenvalue weighted by atomic mass is 10.1. The van der Waals surface area contributed by atoms with E-state index in [-0.39, 0.29) is 11.5 Å². The number of carbonyl (C=O) groups is 2. The summed E-state index contributed by atoms with van der Waals surface area (Å²) in [5.41, 5.74) is 0.0809. The number of rotatable bonds is 4. The molecule has 7 nitrogen and oxygen atoms in total. The molecule has 4 rings (SSSR count). The summed E-state index contributed by atoms with van der Waals surface area (Å²) in [6, 6.07) is 6.32. The minimum Gasteiger partial charge on any atom is -0.337 e. The molecule has 1 fully saturated rings. The Hall–Kier alpha value is -2.92. The molecule has 0 spiro atoms. The van der Waals surface area contributed by atoms with Crippen molar-refractivity contribution in [3.05, 3.63) is 57.7 Å². The van der Waals surface area contributed by atoms with Gasteiger partial charge in [0.15, 0.2) is 22.2 Å². The first-order valence-corrected chi connectivity index (χ1v) is 10.9. The number of nitrogens with zero attached hydrogens (tertiary/aromatic N) is 4. The zero-order valence-electron chi connectivity index (χ0n) is 16.5. The van der Waals surface area contributed by atoms with Crippen LogP contribution in [0.25, 0.3) is 10.7 Å². The van der Waals surface area contributed by atoms with Crippen LogP contribution in [0.3, 0.4) is 0 Å². The average Bonchev–Trinajstić information content (AvgIpc) is 3.44. The van der Waals surface area contributed by atoms with Crippen molar-refractivity contribution in [2.75, 3.05) is 26.2 Å². The Morgan fingerprint density at radius 2 is 1.84 bits per heavy atom. The second-order valence-electron chi connectivity index (χ2n) is 7.12. The van der Waals surface area contributed by atoms with E-state index in [9.17, 15) is 18.4 Å². The quantitative estimate of drug-likeness (QED) is 0.601. The van der Waals surface area contributed by atoms with Crippen molar-refractivity contribution in [3.63, 3.8) is 0 Å². The number of nitrogens with one attached hydrogen (secondary N) is 1. The molecule has 1 unspecified atom stereocenters. The maximum Gasteiger partial charge on any atom is 0.254 e. The Labute approximate surface area is 185 Å². The van der Waals surface area contributed by atoms with Crippen molar-refractivity contribution in [1.29, 1.82) is 0 Å². The van der Waals surface area contributed by atoms with Gasteiger partial charge in [-0.25, -0.2) is 8.78 Å². The maximum absolute atomic E-state index is 13.4. The molecule has 2 amide bonds. The van der Waals surface area contributed by atoms with Gasteiger partial charge in [0.05, 0.1) is 4.88 Å². The third-order valence-electron chi connectivity index (χ3n) is 5.24. The van der Waals surface area contributed by atoms with Crippen LogP contribution in [0.1, 0.15) is 23.3 Å². The molecule has 11 heteroatoms. The lowest BCUT2D eigenvalue weighted by Gasteiger charge is -2.36. The minimum absolute atomic E-state index is 0.0809. The largest absolute Gasteiger partial charge is 0.337 e. The summed E-state index contributed by atoms with van der Waals surface area (Å²) in [5.74, 6) is -1.98. The molecule has 1 aliphatic heterocycles. The van der Waals surface area contributed by atoms with Crippen LogP contribution in [-0.4, -0.2) is 62.6 Å². The zero-order chi connectivity index (χ0) is 22.1. The third kappa shape index (κ3) is 4.15. The van der Waals surface area contributed by atoms with E-state index in [1.54, 1.807) is 16.4 Å². The van der Waals surface area contributed by atoms with Crippen LogP contribution in [-0.2, 0) is 4.79 Å². The van der Waals surface area contributed by atoms with E-state index in [4.69, 9.17) is 12.2 Å². The molecule has 1 aromatic carbocycles. The smallest absolute Gasteiger partial charge is 0.254 e. The summed E-state index contributed by atoms with van der Waals surface area (Å²) in [6.07, 6.45) is 0. The van der Waals surface area contributed by atoms with Crippen LogP contribution in [0.2, 0.25) is 0 Å². The fraction of sp³-hybridized carbons (Fsp3) is 0.300. The lowest BCUT2D eigenvalue weighted by Crippen LogP contribution is -2.52. The monoisotopic (exact) mass is 463 g/mol. The average molecular weight is 464 g/mol. The van der Waals surface area contributed by atoms with Crippen LogP contribution in [0, 0.1) is 16.4 Å². The first-order valence-electron chi connectivity index (χ1n) is 9.60. The molecule has 1 saturated heterocycles. The number of H-pyrrole nitrogens is 1. The van der Waals surface area contributed by atoms with Crippen LogP contribution in [0.15, 0.2) is 35.7 Å². The van der Waals surface area contributed by atoms with E-state index in [1.165, 1.54) is 22.3 Å². The minimum atomic E-state index is -1.06. The number of hydrogen-bond acceptors (Lipinski definition) is 5. The van der Waals surface area contributed by atoms with Crippen molar-refractivity contribution in [2.24, 2.45) is 0 Å². The number of benzene rings is 1. The molecular formula is C20H19F2N5O2S2. The van der Waals surface area contributed by atoms with Gasteiger partial charge in [-0.1, -0.05) is 6.07 Å². The van der Waals surface area contributed by atoms with Gasteiger partial charge in [0.1, 0.15) is 6.04 Å². The van der Waals surface area contributed by atoms with Gasteiger partial charge in [-0.3, -0.25) is 19.3 Å². The molecule has 0 aliphatic carbocycles. The summed E-state index contributed by atoms with van der Waals surface area (Å²) >= 11 is 6.84. The van der Waals surface area contributed by atoms with Gasteiger partial charge in [-0.05, 0) is 48.8 Å². The molecular weight excluding hydrogens is 444 g/mol. The predicted octanol–water partition coefficient (Wildman–Crippen LogP) is 3.49. The number of thiophene rings is 1. The van der Waals surface area contributed by atoms with Crippen LogP contribution >= 0.6 is 23.6 Å². The lowest BCUT2D eigenvalue weighted by molar-refractivity contribution is -0.135. The number of halogens is 2. The van der Waals surface area contributed by atoms with E-state index in [1.807, 2.05) is 17.5 Å². The normalized spacial score (nSPS) is 15.2. The molecule has 1 atom stereocenters. The van der Waals surface area contributed by atoms with Crippen molar-refractivity contribution >= 4 is 35.4 Å². The highest BCUT2D eigenvalue weighted by Gasteiger charge is 2.30. The summed E-state index contributed by atoms with van der Waals surface area (Å²) in [6.45, 7) is 3.02. The highest BCUT2D eigenvalue weighted by atomic mass is 32.1. The molecule has 31 heavy (non-hydrogen) atoms. The number of amides is 2. The Bertz CT molecular complexity index is 1170. The first-order chi connectivity index (χ1) is 14.9. The van der Waals surface area contributed by atoms with Gasteiger partial charge in [0.2, 0.25) is 5.91 Å². The summed E-state index contributed by atoms with van der Waals surface area (Å²) < 4.78 is 28.6. The van der Waals surface area contributed by atoms with Crippen molar-refractivity contribution in [3.8, 4) is 10.7 Å². The van der Waals surface area contributed by atoms with E-state index >= 15 is 0 Å². The highest BCUT2D eigenvalue weighted by Crippen LogP contribution is 2.26. The molecule has 2 aromatic heterocycles. The topological polar surface area (TPSA) is 74.2 Å². The van der Waals surface area contributed by atoms with Crippen molar-refractivity contribution in [2.45, 2.75) is 13.0 Å². The van der Waals surface area contributed by atoms with Crippen molar-refractivity contribution < 1.29 is 18.4 Å².